The minimum Gasteiger partial charge on any atom is -0.367 e. The van der Waals surface area contributed by atoms with E-state index in [1.54, 1.807) is 11.3 Å². The van der Waals surface area contributed by atoms with Crippen molar-refractivity contribution in [2.45, 2.75) is 18.9 Å². The molecule has 0 bridgehead atoms. The third-order valence-corrected chi connectivity index (χ3v) is 4.35. The summed E-state index contributed by atoms with van der Waals surface area (Å²) in [6.07, 6.45) is 8.27. The number of fused-ring (bicyclic) bond motifs is 1. The molecular formula is C12H13N5S. The molecule has 4 rings (SSSR count). The summed E-state index contributed by atoms with van der Waals surface area (Å²) in [5.74, 6) is 0. The van der Waals surface area contributed by atoms with Gasteiger partial charge in [-0.3, -0.25) is 0 Å². The molecule has 1 atom stereocenters. The molecule has 1 saturated heterocycles. The minimum atomic E-state index is 0.424. The Morgan fingerprint density at radius 1 is 1.44 bits per heavy atom. The highest BCUT2D eigenvalue weighted by atomic mass is 32.1. The zero-order valence-electron chi connectivity index (χ0n) is 9.76. The highest BCUT2D eigenvalue weighted by Gasteiger charge is 2.21. The van der Waals surface area contributed by atoms with Gasteiger partial charge in [0.1, 0.15) is 5.01 Å². The zero-order valence-corrected chi connectivity index (χ0v) is 10.6. The molecule has 0 spiro atoms. The number of nitrogens with zero attached hydrogens (tertiary/aromatic N) is 3. The van der Waals surface area contributed by atoms with Crippen molar-refractivity contribution in [3.05, 3.63) is 29.7 Å². The van der Waals surface area contributed by atoms with Crippen LogP contribution in [0.3, 0.4) is 0 Å². The van der Waals surface area contributed by atoms with E-state index in [4.69, 9.17) is 0 Å². The van der Waals surface area contributed by atoms with E-state index in [0.717, 1.165) is 27.8 Å². The third-order valence-electron chi connectivity index (χ3n) is 3.31. The normalized spacial score (nSPS) is 19.9. The molecule has 18 heavy (non-hydrogen) atoms. The van der Waals surface area contributed by atoms with Crippen LogP contribution in [0.5, 0.6) is 0 Å². The average molecular weight is 259 g/mol. The smallest absolute Gasteiger partial charge is 0.212 e. The van der Waals surface area contributed by atoms with Crippen molar-refractivity contribution in [2.75, 3.05) is 6.54 Å². The van der Waals surface area contributed by atoms with Gasteiger partial charge in [0.15, 0.2) is 0 Å². The van der Waals surface area contributed by atoms with Gasteiger partial charge >= 0.3 is 0 Å². The molecule has 0 saturated carbocycles. The summed E-state index contributed by atoms with van der Waals surface area (Å²) in [5, 5.41) is 9.24. The van der Waals surface area contributed by atoms with Crippen LogP contribution in [-0.2, 0) is 0 Å². The molecule has 92 valence electrons. The Hall–Kier alpha value is -1.66. The molecule has 4 heterocycles. The van der Waals surface area contributed by atoms with Crippen LogP contribution in [0.15, 0.2) is 24.7 Å². The summed E-state index contributed by atoms with van der Waals surface area (Å²) >= 11 is 1.68. The molecule has 5 nitrogen and oxygen atoms in total. The first kappa shape index (κ1) is 10.3. The molecule has 3 aromatic rings. The van der Waals surface area contributed by atoms with Gasteiger partial charge in [0.25, 0.3) is 0 Å². The molecule has 3 aromatic heterocycles. The molecule has 1 aliphatic rings. The predicted molar refractivity (Wildman–Crippen MR) is 70.6 cm³/mol. The Bertz CT molecular complexity index is 628. The fourth-order valence-electron chi connectivity index (χ4n) is 2.37. The Morgan fingerprint density at radius 3 is 3.17 bits per heavy atom. The van der Waals surface area contributed by atoms with Gasteiger partial charge in [0.2, 0.25) is 4.96 Å². The minimum absolute atomic E-state index is 0.424. The molecule has 1 fully saturated rings. The number of aromatic nitrogens is 4. The van der Waals surface area contributed by atoms with Gasteiger partial charge in [-0.25, -0.2) is 9.50 Å². The lowest BCUT2D eigenvalue weighted by atomic mass is 10.2. The Labute approximate surface area is 108 Å². The average Bonchev–Trinajstić information content (AvgIpc) is 3.13. The van der Waals surface area contributed by atoms with Crippen molar-refractivity contribution in [3.8, 4) is 11.3 Å². The van der Waals surface area contributed by atoms with E-state index in [9.17, 15) is 0 Å². The summed E-state index contributed by atoms with van der Waals surface area (Å²) in [6.45, 7) is 1.10. The van der Waals surface area contributed by atoms with E-state index in [1.165, 1.54) is 12.8 Å². The topological polar surface area (TPSA) is 58.0 Å². The lowest BCUT2D eigenvalue weighted by Crippen LogP contribution is -2.12. The van der Waals surface area contributed by atoms with Crippen LogP contribution in [0.4, 0.5) is 0 Å². The van der Waals surface area contributed by atoms with E-state index >= 15 is 0 Å². The van der Waals surface area contributed by atoms with Gasteiger partial charge in [0, 0.05) is 18.0 Å². The van der Waals surface area contributed by atoms with Crippen LogP contribution >= 0.6 is 11.3 Å². The van der Waals surface area contributed by atoms with Crippen molar-refractivity contribution in [2.24, 2.45) is 0 Å². The lowest BCUT2D eigenvalue weighted by molar-refractivity contribution is 0.630. The van der Waals surface area contributed by atoms with E-state index in [0.29, 0.717) is 6.04 Å². The number of rotatable bonds is 2. The van der Waals surface area contributed by atoms with Crippen LogP contribution < -0.4 is 5.32 Å². The van der Waals surface area contributed by atoms with Crippen LogP contribution in [0.25, 0.3) is 16.2 Å². The van der Waals surface area contributed by atoms with Gasteiger partial charge < -0.3 is 10.3 Å². The maximum atomic E-state index is 4.63. The monoisotopic (exact) mass is 259 g/mol. The number of hydrogen-bond acceptors (Lipinski definition) is 4. The van der Waals surface area contributed by atoms with Crippen molar-refractivity contribution in [3.63, 3.8) is 0 Å². The molecule has 6 heteroatoms. The zero-order chi connectivity index (χ0) is 11.9. The number of H-pyrrole nitrogens is 1. The van der Waals surface area contributed by atoms with Crippen LogP contribution in [0, 0.1) is 0 Å². The second-order valence-corrected chi connectivity index (χ2v) is 5.53. The second kappa shape index (κ2) is 3.93. The number of aromatic amines is 1. The molecule has 1 unspecified atom stereocenters. The summed E-state index contributed by atoms with van der Waals surface area (Å²) in [4.78, 5) is 8.63. The highest BCUT2D eigenvalue weighted by Crippen LogP contribution is 2.28. The summed E-state index contributed by atoms with van der Waals surface area (Å²) in [7, 11) is 0. The molecular weight excluding hydrogens is 246 g/mol. The van der Waals surface area contributed by atoms with Crippen LogP contribution in [0.1, 0.15) is 23.9 Å². The van der Waals surface area contributed by atoms with E-state index in [-0.39, 0.29) is 0 Å². The van der Waals surface area contributed by atoms with E-state index in [2.05, 4.69) is 20.4 Å². The first-order valence-corrected chi connectivity index (χ1v) is 6.94. The summed E-state index contributed by atoms with van der Waals surface area (Å²) in [5.41, 5.74) is 2.08. The largest absolute Gasteiger partial charge is 0.367 e. The standard InChI is InChI=1S/C12H13N5S/c1-2-9(14-4-1)11-16-17-7-10(15-12(17)18-11)8-3-5-13-6-8/h3,5-7,9,13-14H,1-2,4H2. The van der Waals surface area contributed by atoms with Crippen molar-refractivity contribution in [1.29, 1.82) is 0 Å². The van der Waals surface area contributed by atoms with Gasteiger partial charge in [0.05, 0.1) is 17.9 Å². The summed E-state index contributed by atoms with van der Waals surface area (Å²) in [6, 6.07) is 2.44. The number of imidazole rings is 1. The quantitative estimate of drug-likeness (QED) is 0.742. The van der Waals surface area contributed by atoms with Crippen molar-refractivity contribution >= 4 is 16.3 Å². The van der Waals surface area contributed by atoms with Crippen molar-refractivity contribution < 1.29 is 0 Å². The Balaban J connectivity index is 1.73. The molecule has 0 aromatic carbocycles. The molecule has 0 radical (unpaired) electrons. The first-order valence-electron chi connectivity index (χ1n) is 6.13. The fraction of sp³-hybridized carbons (Fsp3) is 0.333. The Kier molecular flexibility index (Phi) is 2.24. The van der Waals surface area contributed by atoms with Gasteiger partial charge in [-0.2, -0.15) is 5.10 Å². The molecule has 0 amide bonds. The fourth-order valence-corrected chi connectivity index (χ4v) is 3.36. The van der Waals surface area contributed by atoms with Gasteiger partial charge in [-0.1, -0.05) is 11.3 Å². The van der Waals surface area contributed by atoms with E-state index in [1.807, 2.05) is 29.2 Å². The first-order chi connectivity index (χ1) is 8.90. The second-order valence-electron chi connectivity index (χ2n) is 4.54. The Morgan fingerprint density at radius 2 is 2.44 bits per heavy atom. The summed E-state index contributed by atoms with van der Waals surface area (Å²) < 4.78 is 1.89. The molecule has 0 aliphatic carbocycles. The maximum Gasteiger partial charge on any atom is 0.212 e. The number of hydrogen-bond donors (Lipinski definition) is 2. The van der Waals surface area contributed by atoms with Gasteiger partial charge in [-0.05, 0) is 25.5 Å². The van der Waals surface area contributed by atoms with E-state index < -0.39 is 0 Å². The highest BCUT2D eigenvalue weighted by molar-refractivity contribution is 7.16. The number of nitrogens with one attached hydrogen (secondary N) is 2. The van der Waals surface area contributed by atoms with Crippen LogP contribution in [0.2, 0.25) is 0 Å². The van der Waals surface area contributed by atoms with Gasteiger partial charge in [-0.15, -0.1) is 0 Å². The maximum absolute atomic E-state index is 4.63. The molecule has 1 aliphatic heterocycles. The SMILES string of the molecule is c1cc(-c2cn3nc(C4CCCN4)sc3n2)c[nH]1. The third kappa shape index (κ3) is 1.57. The van der Waals surface area contributed by atoms with Crippen molar-refractivity contribution in [1.82, 2.24) is 24.9 Å². The molecule has 2 N–H and O–H groups in total. The lowest BCUT2D eigenvalue weighted by Gasteiger charge is -2.03. The van der Waals surface area contributed by atoms with Crippen LogP contribution in [-0.4, -0.2) is 26.1 Å². The predicted octanol–water partition coefficient (Wildman–Crippen LogP) is 2.21.